The lowest BCUT2D eigenvalue weighted by Crippen LogP contribution is -2.48. The molecule has 1 aliphatic heterocycles. The molecule has 2 aromatic rings. The van der Waals surface area contributed by atoms with E-state index in [4.69, 9.17) is 4.74 Å². The lowest BCUT2D eigenvalue weighted by molar-refractivity contribution is 0.0746. The molecule has 1 fully saturated rings. The molecule has 3 rings (SSSR count). The number of anilines is 1. The van der Waals surface area contributed by atoms with E-state index in [0.717, 1.165) is 23.6 Å². The molecule has 0 aromatic heterocycles. The molecule has 1 amide bonds. The molecule has 0 bridgehead atoms. The van der Waals surface area contributed by atoms with Crippen molar-refractivity contribution in [3.8, 4) is 5.75 Å². The van der Waals surface area contributed by atoms with Crippen LogP contribution in [-0.4, -0.2) is 43.1 Å². The van der Waals surface area contributed by atoms with Crippen molar-refractivity contribution >= 4 is 11.6 Å². The first kappa shape index (κ1) is 18.2. The first-order valence-corrected chi connectivity index (χ1v) is 8.70. The monoisotopic (exact) mass is 360 g/mol. The third kappa shape index (κ3) is 4.12. The third-order valence-electron chi connectivity index (χ3n) is 4.31. The maximum absolute atomic E-state index is 13.3. The van der Waals surface area contributed by atoms with E-state index in [1.165, 1.54) is 6.07 Å². The van der Waals surface area contributed by atoms with E-state index >= 15 is 0 Å². The van der Waals surface area contributed by atoms with Gasteiger partial charge in [0.05, 0.1) is 6.10 Å². The van der Waals surface area contributed by atoms with Crippen molar-refractivity contribution in [1.82, 2.24) is 4.90 Å². The summed E-state index contributed by atoms with van der Waals surface area (Å²) in [5, 5.41) is 0. The summed E-state index contributed by atoms with van der Waals surface area (Å²) in [5.41, 5.74) is 1.24. The van der Waals surface area contributed by atoms with Gasteiger partial charge in [-0.1, -0.05) is 0 Å². The van der Waals surface area contributed by atoms with Gasteiger partial charge in [0.2, 0.25) is 0 Å². The zero-order chi connectivity index (χ0) is 18.7. The Kier molecular flexibility index (Phi) is 5.40. The Balaban J connectivity index is 1.60. The lowest BCUT2D eigenvalue weighted by atomic mass is 10.1. The van der Waals surface area contributed by atoms with Gasteiger partial charge in [0, 0.05) is 37.4 Å². The number of hydrogen-bond acceptors (Lipinski definition) is 3. The number of hydrogen-bond donors (Lipinski definition) is 0. The highest BCUT2D eigenvalue weighted by molar-refractivity contribution is 5.94. The Bertz CT molecular complexity index is 770. The molecule has 0 unspecified atom stereocenters. The molecule has 0 saturated carbocycles. The predicted octanol–water partition coefficient (Wildman–Crippen LogP) is 3.71. The number of halogens is 2. The van der Waals surface area contributed by atoms with E-state index in [2.05, 4.69) is 4.90 Å². The van der Waals surface area contributed by atoms with Crippen molar-refractivity contribution in [3.63, 3.8) is 0 Å². The van der Waals surface area contributed by atoms with Crippen LogP contribution < -0.4 is 9.64 Å². The van der Waals surface area contributed by atoms with E-state index in [1.807, 2.05) is 38.1 Å². The fourth-order valence-corrected chi connectivity index (χ4v) is 2.99. The van der Waals surface area contributed by atoms with Gasteiger partial charge in [-0.15, -0.1) is 0 Å². The second-order valence-electron chi connectivity index (χ2n) is 6.57. The highest BCUT2D eigenvalue weighted by atomic mass is 19.2. The SMILES string of the molecule is CC(C)Oc1ccc(N2CCN(C(=O)c3ccc(F)c(F)c3)CC2)cc1. The average Bonchev–Trinajstić information content (AvgIpc) is 2.64. The van der Waals surface area contributed by atoms with Gasteiger partial charge in [-0.2, -0.15) is 0 Å². The first-order valence-electron chi connectivity index (χ1n) is 8.70. The molecular formula is C20H22F2N2O2. The smallest absolute Gasteiger partial charge is 0.254 e. The summed E-state index contributed by atoms with van der Waals surface area (Å²) in [6.45, 7) is 6.39. The van der Waals surface area contributed by atoms with E-state index in [0.29, 0.717) is 26.2 Å². The minimum Gasteiger partial charge on any atom is -0.491 e. The van der Waals surface area contributed by atoms with Gasteiger partial charge in [0.25, 0.3) is 5.91 Å². The highest BCUT2D eigenvalue weighted by Gasteiger charge is 2.23. The van der Waals surface area contributed by atoms with Crippen LogP contribution in [0.2, 0.25) is 0 Å². The van der Waals surface area contributed by atoms with Crippen LogP contribution in [0.15, 0.2) is 42.5 Å². The molecule has 1 aliphatic rings. The summed E-state index contributed by atoms with van der Waals surface area (Å²) in [4.78, 5) is 16.3. The fourth-order valence-electron chi connectivity index (χ4n) is 2.99. The normalized spacial score (nSPS) is 14.7. The Morgan fingerprint density at radius 1 is 0.962 bits per heavy atom. The Morgan fingerprint density at radius 3 is 2.19 bits per heavy atom. The molecule has 1 saturated heterocycles. The topological polar surface area (TPSA) is 32.8 Å². The molecule has 4 nitrogen and oxygen atoms in total. The summed E-state index contributed by atoms with van der Waals surface area (Å²) >= 11 is 0. The van der Waals surface area contributed by atoms with Crippen LogP contribution in [0.3, 0.4) is 0 Å². The molecule has 1 heterocycles. The van der Waals surface area contributed by atoms with Gasteiger partial charge in [-0.3, -0.25) is 4.79 Å². The van der Waals surface area contributed by atoms with E-state index in [1.54, 1.807) is 4.90 Å². The first-order chi connectivity index (χ1) is 12.4. The minimum atomic E-state index is -1.00. The Hall–Kier alpha value is -2.63. The number of nitrogens with zero attached hydrogens (tertiary/aromatic N) is 2. The van der Waals surface area contributed by atoms with Crippen LogP contribution in [0.25, 0.3) is 0 Å². The van der Waals surface area contributed by atoms with Crippen LogP contribution in [-0.2, 0) is 0 Å². The van der Waals surface area contributed by atoms with Crippen molar-refractivity contribution in [3.05, 3.63) is 59.7 Å². The number of amides is 1. The van der Waals surface area contributed by atoms with E-state index in [9.17, 15) is 13.6 Å². The molecule has 26 heavy (non-hydrogen) atoms. The second-order valence-corrected chi connectivity index (χ2v) is 6.57. The summed E-state index contributed by atoms with van der Waals surface area (Å²) < 4.78 is 32.0. The number of carbonyl (C=O) groups excluding carboxylic acids is 1. The molecule has 0 spiro atoms. The van der Waals surface area contributed by atoms with Crippen LogP contribution in [0.1, 0.15) is 24.2 Å². The Labute approximate surface area is 152 Å². The Morgan fingerprint density at radius 2 is 1.62 bits per heavy atom. The van der Waals surface area contributed by atoms with Crippen molar-refractivity contribution in [2.75, 3.05) is 31.1 Å². The van der Waals surface area contributed by atoms with Gasteiger partial charge in [0.15, 0.2) is 11.6 Å². The largest absolute Gasteiger partial charge is 0.491 e. The number of benzene rings is 2. The number of carbonyl (C=O) groups is 1. The molecule has 0 atom stereocenters. The van der Waals surface area contributed by atoms with Crippen molar-refractivity contribution in [2.45, 2.75) is 20.0 Å². The van der Waals surface area contributed by atoms with Crippen molar-refractivity contribution in [1.29, 1.82) is 0 Å². The second kappa shape index (κ2) is 7.72. The number of ether oxygens (including phenoxy) is 1. The molecule has 0 aliphatic carbocycles. The summed E-state index contributed by atoms with van der Waals surface area (Å²) in [5.74, 6) is -1.39. The zero-order valence-electron chi connectivity index (χ0n) is 14.9. The average molecular weight is 360 g/mol. The molecule has 0 N–H and O–H groups in total. The minimum absolute atomic E-state index is 0.131. The van der Waals surface area contributed by atoms with Gasteiger partial charge in [-0.05, 0) is 56.3 Å². The lowest BCUT2D eigenvalue weighted by Gasteiger charge is -2.36. The fraction of sp³-hybridized carbons (Fsp3) is 0.350. The zero-order valence-corrected chi connectivity index (χ0v) is 14.9. The quantitative estimate of drug-likeness (QED) is 0.833. The third-order valence-corrected chi connectivity index (χ3v) is 4.31. The van der Waals surface area contributed by atoms with Gasteiger partial charge < -0.3 is 14.5 Å². The van der Waals surface area contributed by atoms with Crippen LogP contribution in [0.5, 0.6) is 5.75 Å². The number of rotatable bonds is 4. The van der Waals surface area contributed by atoms with Crippen LogP contribution in [0, 0.1) is 11.6 Å². The number of piperazine rings is 1. The van der Waals surface area contributed by atoms with E-state index < -0.39 is 11.6 Å². The summed E-state index contributed by atoms with van der Waals surface area (Å²) in [6.07, 6.45) is 0.131. The molecule has 0 radical (unpaired) electrons. The maximum Gasteiger partial charge on any atom is 0.254 e. The standard InChI is InChI=1S/C20H22F2N2O2/c1-14(2)26-17-6-4-16(5-7-17)23-9-11-24(12-10-23)20(25)15-3-8-18(21)19(22)13-15/h3-8,13-14H,9-12H2,1-2H3. The molecule has 138 valence electrons. The predicted molar refractivity (Wildman–Crippen MR) is 96.7 cm³/mol. The molecule has 2 aromatic carbocycles. The van der Waals surface area contributed by atoms with Crippen molar-refractivity contribution < 1.29 is 18.3 Å². The van der Waals surface area contributed by atoms with Crippen LogP contribution in [0.4, 0.5) is 14.5 Å². The van der Waals surface area contributed by atoms with E-state index in [-0.39, 0.29) is 17.6 Å². The van der Waals surface area contributed by atoms with Gasteiger partial charge in [-0.25, -0.2) is 8.78 Å². The van der Waals surface area contributed by atoms with Crippen LogP contribution >= 0.6 is 0 Å². The summed E-state index contributed by atoms with van der Waals surface area (Å²) in [7, 11) is 0. The van der Waals surface area contributed by atoms with Gasteiger partial charge in [0.1, 0.15) is 5.75 Å². The maximum atomic E-state index is 13.3. The molecule has 6 heteroatoms. The van der Waals surface area contributed by atoms with Gasteiger partial charge >= 0.3 is 0 Å². The highest BCUT2D eigenvalue weighted by Crippen LogP contribution is 2.22. The van der Waals surface area contributed by atoms with Crippen molar-refractivity contribution in [2.24, 2.45) is 0 Å². The summed E-state index contributed by atoms with van der Waals surface area (Å²) in [6, 6.07) is 11.1. The molecular weight excluding hydrogens is 338 g/mol.